The molecule has 0 aromatic carbocycles. The molecule has 0 N–H and O–H groups in total. The summed E-state index contributed by atoms with van der Waals surface area (Å²) in [7, 11) is 0. The molecule has 0 saturated heterocycles. The lowest BCUT2D eigenvalue weighted by molar-refractivity contribution is 0.242. The molecular formula is C11H16O3. The maximum atomic E-state index is 11.2. The van der Waals surface area contributed by atoms with Gasteiger partial charge in [-0.15, -0.1) is 0 Å². The lowest BCUT2D eigenvalue weighted by atomic mass is 9.88. The molecule has 0 fully saturated rings. The van der Waals surface area contributed by atoms with Crippen LogP contribution in [0.3, 0.4) is 0 Å². The van der Waals surface area contributed by atoms with Crippen molar-refractivity contribution in [2.75, 3.05) is 6.61 Å². The van der Waals surface area contributed by atoms with Crippen LogP contribution in [0.4, 0.5) is 0 Å². The highest BCUT2D eigenvalue weighted by atomic mass is 16.6. The molecule has 1 rings (SSSR count). The molecule has 0 saturated carbocycles. The first-order chi connectivity index (χ1) is 6.43. The number of hydrogen-bond donors (Lipinski definition) is 0. The summed E-state index contributed by atoms with van der Waals surface area (Å²) in [6, 6.07) is 3.27. The minimum absolute atomic E-state index is 0.0677. The molecule has 1 aromatic rings. The van der Waals surface area contributed by atoms with Gasteiger partial charge in [0, 0.05) is 12.1 Å². The van der Waals surface area contributed by atoms with Gasteiger partial charge in [0.2, 0.25) is 0 Å². The molecule has 0 aliphatic heterocycles. The zero-order chi connectivity index (χ0) is 10.8. The number of rotatable bonds is 2. The summed E-state index contributed by atoms with van der Waals surface area (Å²) in [6.07, 6.45) is 0. The Morgan fingerprint density at radius 2 is 2.00 bits per heavy atom. The van der Waals surface area contributed by atoms with Gasteiger partial charge in [-0.2, -0.15) is 0 Å². The van der Waals surface area contributed by atoms with Crippen molar-refractivity contribution in [3.63, 3.8) is 0 Å². The predicted molar refractivity (Wildman–Crippen MR) is 54.8 cm³/mol. The summed E-state index contributed by atoms with van der Waals surface area (Å²) >= 11 is 0. The van der Waals surface area contributed by atoms with Crippen molar-refractivity contribution in [1.82, 2.24) is 0 Å². The highest BCUT2D eigenvalue weighted by molar-refractivity contribution is 5.24. The normalized spacial score (nSPS) is 11.4. The fourth-order valence-corrected chi connectivity index (χ4v) is 1.10. The molecule has 1 aromatic heterocycles. The van der Waals surface area contributed by atoms with E-state index >= 15 is 0 Å². The Bertz CT molecular complexity index is 358. The van der Waals surface area contributed by atoms with E-state index in [9.17, 15) is 4.79 Å². The van der Waals surface area contributed by atoms with E-state index in [0.29, 0.717) is 12.6 Å². The second kappa shape index (κ2) is 3.86. The van der Waals surface area contributed by atoms with Gasteiger partial charge in [0.25, 0.3) is 5.95 Å². The van der Waals surface area contributed by atoms with Gasteiger partial charge in [-0.05, 0) is 17.9 Å². The average Bonchev–Trinajstić information content (AvgIpc) is 2.02. The molecule has 0 spiro atoms. The maximum Gasteiger partial charge on any atom is 0.338 e. The van der Waals surface area contributed by atoms with E-state index in [1.165, 1.54) is 6.07 Å². The second-order valence-corrected chi connectivity index (χ2v) is 4.17. The van der Waals surface area contributed by atoms with Crippen LogP contribution in [-0.4, -0.2) is 6.61 Å². The van der Waals surface area contributed by atoms with Crippen molar-refractivity contribution in [3.05, 3.63) is 28.1 Å². The van der Waals surface area contributed by atoms with Crippen LogP contribution >= 0.6 is 0 Å². The second-order valence-electron chi connectivity index (χ2n) is 4.17. The predicted octanol–water partition coefficient (Wildman–Crippen LogP) is 2.34. The van der Waals surface area contributed by atoms with Crippen molar-refractivity contribution in [1.29, 1.82) is 0 Å². The highest BCUT2D eigenvalue weighted by Gasteiger charge is 2.16. The molecule has 0 atom stereocenters. The molecule has 1 heterocycles. The SMILES string of the molecule is CCOc1cc(C(C)(C)C)cc(=O)o1. The molecule has 0 unspecified atom stereocenters. The van der Waals surface area contributed by atoms with Crippen LogP contribution in [0.15, 0.2) is 21.3 Å². The zero-order valence-electron chi connectivity index (χ0n) is 9.09. The molecule has 0 aliphatic rings. The van der Waals surface area contributed by atoms with Crippen LogP contribution in [0.2, 0.25) is 0 Å². The largest absolute Gasteiger partial charge is 0.465 e. The lowest BCUT2D eigenvalue weighted by Crippen LogP contribution is -2.15. The van der Waals surface area contributed by atoms with E-state index in [-0.39, 0.29) is 11.0 Å². The molecule has 0 radical (unpaired) electrons. The molecule has 0 bridgehead atoms. The highest BCUT2D eigenvalue weighted by Crippen LogP contribution is 2.23. The summed E-state index contributed by atoms with van der Waals surface area (Å²) in [5.74, 6) is 0.296. The van der Waals surface area contributed by atoms with Gasteiger partial charge < -0.3 is 9.15 Å². The van der Waals surface area contributed by atoms with E-state index in [1.54, 1.807) is 6.07 Å². The first-order valence-corrected chi connectivity index (χ1v) is 4.72. The molecule has 78 valence electrons. The maximum absolute atomic E-state index is 11.2. The first kappa shape index (κ1) is 10.8. The first-order valence-electron chi connectivity index (χ1n) is 4.72. The van der Waals surface area contributed by atoms with Crippen LogP contribution in [0.5, 0.6) is 5.95 Å². The van der Waals surface area contributed by atoms with Gasteiger partial charge in [0.1, 0.15) is 0 Å². The van der Waals surface area contributed by atoms with Crippen molar-refractivity contribution in [2.45, 2.75) is 33.1 Å². The van der Waals surface area contributed by atoms with Crippen LogP contribution in [-0.2, 0) is 5.41 Å². The van der Waals surface area contributed by atoms with Crippen molar-refractivity contribution in [2.24, 2.45) is 0 Å². The Labute approximate surface area is 83.7 Å². The minimum Gasteiger partial charge on any atom is -0.465 e. The van der Waals surface area contributed by atoms with E-state index in [1.807, 2.05) is 27.7 Å². The number of ether oxygens (including phenoxy) is 1. The third-order valence-electron chi connectivity index (χ3n) is 1.90. The topological polar surface area (TPSA) is 39.4 Å². The monoisotopic (exact) mass is 196 g/mol. The summed E-state index contributed by atoms with van der Waals surface area (Å²) in [5.41, 5.74) is 0.500. The standard InChI is InChI=1S/C11H16O3/c1-5-13-10-7-8(11(2,3)4)6-9(12)14-10/h6-7H,5H2,1-4H3. The minimum atomic E-state index is -0.360. The van der Waals surface area contributed by atoms with Crippen molar-refractivity contribution in [3.8, 4) is 5.95 Å². The molecule has 14 heavy (non-hydrogen) atoms. The average molecular weight is 196 g/mol. The Balaban J connectivity index is 3.14. The summed E-state index contributed by atoms with van der Waals surface area (Å²) in [6.45, 7) is 8.47. The molecular weight excluding hydrogens is 180 g/mol. The Hall–Kier alpha value is -1.25. The van der Waals surface area contributed by atoms with E-state index in [4.69, 9.17) is 9.15 Å². The van der Waals surface area contributed by atoms with E-state index < -0.39 is 0 Å². The third kappa shape index (κ3) is 2.62. The van der Waals surface area contributed by atoms with Crippen LogP contribution in [0.25, 0.3) is 0 Å². The van der Waals surface area contributed by atoms with Crippen LogP contribution in [0.1, 0.15) is 33.3 Å². The fraction of sp³-hybridized carbons (Fsp3) is 0.545. The Morgan fingerprint density at radius 3 is 2.50 bits per heavy atom. The van der Waals surface area contributed by atoms with Gasteiger partial charge in [0.05, 0.1) is 6.61 Å². The fourth-order valence-electron chi connectivity index (χ4n) is 1.10. The zero-order valence-corrected chi connectivity index (χ0v) is 9.09. The molecule has 3 nitrogen and oxygen atoms in total. The molecule has 0 amide bonds. The summed E-state index contributed by atoms with van der Waals surface area (Å²) in [4.78, 5) is 11.2. The van der Waals surface area contributed by atoms with Gasteiger partial charge in [-0.1, -0.05) is 20.8 Å². The van der Waals surface area contributed by atoms with Gasteiger partial charge in [-0.3, -0.25) is 0 Å². The summed E-state index contributed by atoms with van der Waals surface area (Å²) in [5, 5.41) is 0. The van der Waals surface area contributed by atoms with Gasteiger partial charge >= 0.3 is 5.63 Å². The van der Waals surface area contributed by atoms with Crippen LogP contribution in [0, 0.1) is 0 Å². The van der Waals surface area contributed by atoms with Crippen molar-refractivity contribution >= 4 is 0 Å². The molecule has 3 heteroatoms. The van der Waals surface area contributed by atoms with Gasteiger partial charge in [0.15, 0.2) is 0 Å². The summed E-state index contributed by atoms with van der Waals surface area (Å²) < 4.78 is 10.0. The number of hydrogen-bond acceptors (Lipinski definition) is 3. The van der Waals surface area contributed by atoms with Gasteiger partial charge in [-0.25, -0.2) is 4.79 Å². The Kier molecular flexibility index (Phi) is 2.99. The Morgan fingerprint density at radius 1 is 1.36 bits per heavy atom. The van der Waals surface area contributed by atoms with Crippen molar-refractivity contribution < 1.29 is 9.15 Å². The lowest BCUT2D eigenvalue weighted by Gasteiger charge is -2.18. The molecule has 0 aliphatic carbocycles. The third-order valence-corrected chi connectivity index (χ3v) is 1.90. The van der Waals surface area contributed by atoms with E-state index in [2.05, 4.69) is 0 Å². The van der Waals surface area contributed by atoms with E-state index in [0.717, 1.165) is 5.56 Å². The van der Waals surface area contributed by atoms with Crippen LogP contribution < -0.4 is 10.4 Å². The quantitative estimate of drug-likeness (QED) is 0.728. The smallest absolute Gasteiger partial charge is 0.338 e.